The Morgan fingerprint density at radius 1 is 1.17 bits per heavy atom. The lowest BCUT2D eigenvalue weighted by Gasteiger charge is -2.14. The van der Waals surface area contributed by atoms with Crippen LogP contribution in [-0.4, -0.2) is 20.5 Å². The Balaban J connectivity index is 1.99. The Hall–Kier alpha value is -2.89. The predicted molar refractivity (Wildman–Crippen MR) is 94.1 cm³/mol. The van der Waals surface area contributed by atoms with Crippen LogP contribution in [0.1, 0.15) is 54.3 Å². The standard InChI is InChI=1S/C18H21N5O/c1-11(2)16-15(17(19)24)18-21-14(9-10-23(18)22-16)20-12(3)13-7-5-4-6-8-13/h4-12H,1-3H3,(H2,19,24)(H,20,21). The molecule has 0 aliphatic heterocycles. The Bertz CT molecular complexity index is 870. The molecule has 6 nitrogen and oxygen atoms in total. The molecule has 0 aliphatic carbocycles. The number of nitrogens with two attached hydrogens (primary N) is 1. The molecule has 1 amide bonds. The SMILES string of the molecule is CC(C)c1nn2ccc(NC(C)c3ccccc3)nc2c1C(N)=O. The Morgan fingerprint density at radius 3 is 2.50 bits per heavy atom. The third kappa shape index (κ3) is 2.95. The number of carbonyl (C=O) groups excluding carboxylic acids is 1. The number of hydrogen-bond donors (Lipinski definition) is 2. The van der Waals surface area contributed by atoms with Crippen LogP contribution in [0.4, 0.5) is 5.82 Å². The summed E-state index contributed by atoms with van der Waals surface area (Å²) >= 11 is 0. The number of fused-ring (bicyclic) bond motifs is 1. The molecule has 0 spiro atoms. The van der Waals surface area contributed by atoms with Gasteiger partial charge in [0.05, 0.1) is 5.69 Å². The number of amides is 1. The van der Waals surface area contributed by atoms with E-state index in [1.54, 1.807) is 10.7 Å². The van der Waals surface area contributed by atoms with E-state index in [1.807, 2.05) is 38.1 Å². The zero-order valence-electron chi connectivity index (χ0n) is 14.0. The maximum Gasteiger partial charge on any atom is 0.254 e. The highest BCUT2D eigenvalue weighted by Crippen LogP contribution is 2.23. The monoisotopic (exact) mass is 323 g/mol. The first-order valence-corrected chi connectivity index (χ1v) is 7.98. The lowest BCUT2D eigenvalue weighted by Crippen LogP contribution is -2.14. The van der Waals surface area contributed by atoms with E-state index in [-0.39, 0.29) is 12.0 Å². The Morgan fingerprint density at radius 2 is 1.88 bits per heavy atom. The highest BCUT2D eigenvalue weighted by atomic mass is 16.1. The van der Waals surface area contributed by atoms with Gasteiger partial charge in [-0.2, -0.15) is 5.10 Å². The van der Waals surface area contributed by atoms with Gasteiger partial charge < -0.3 is 11.1 Å². The van der Waals surface area contributed by atoms with Crippen molar-refractivity contribution in [2.75, 3.05) is 5.32 Å². The molecule has 1 atom stereocenters. The van der Waals surface area contributed by atoms with Crippen LogP contribution in [-0.2, 0) is 0 Å². The van der Waals surface area contributed by atoms with Gasteiger partial charge in [0.15, 0.2) is 5.65 Å². The van der Waals surface area contributed by atoms with Gasteiger partial charge in [0.25, 0.3) is 5.91 Å². The number of nitrogens with zero attached hydrogens (tertiary/aromatic N) is 3. The van der Waals surface area contributed by atoms with Crippen molar-refractivity contribution in [1.82, 2.24) is 14.6 Å². The zero-order chi connectivity index (χ0) is 17.3. The fourth-order valence-corrected chi connectivity index (χ4v) is 2.71. The van der Waals surface area contributed by atoms with Crippen molar-refractivity contribution in [2.45, 2.75) is 32.7 Å². The summed E-state index contributed by atoms with van der Waals surface area (Å²) in [4.78, 5) is 16.4. The Labute approximate surface area is 140 Å². The smallest absolute Gasteiger partial charge is 0.254 e. The number of aromatic nitrogens is 3. The van der Waals surface area contributed by atoms with Crippen molar-refractivity contribution in [3.63, 3.8) is 0 Å². The quantitative estimate of drug-likeness (QED) is 0.755. The highest BCUT2D eigenvalue weighted by molar-refractivity contribution is 6.00. The van der Waals surface area contributed by atoms with Crippen molar-refractivity contribution >= 4 is 17.4 Å². The number of hydrogen-bond acceptors (Lipinski definition) is 4. The van der Waals surface area contributed by atoms with E-state index >= 15 is 0 Å². The summed E-state index contributed by atoms with van der Waals surface area (Å²) in [6.45, 7) is 6.02. The van der Waals surface area contributed by atoms with Gasteiger partial charge >= 0.3 is 0 Å². The first-order valence-electron chi connectivity index (χ1n) is 7.98. The highest BCUT2D eigenvalue weighted by Gasteiger charge is 2.21. The van der Waals surface area contributed by atoms with Crippen molar-refractivity contribution in [3.8, 4) is 0 Å². The second-order valence-electron chi connectivity index (χ2n) is 6.14. The average Bonchev–Trinajstić information content (AvgIpc) is 2.95. The molecule has 3 aromatic rings. The minimum atomic E-state index is -0.505. The van der Waals surface area contributed by atoms with Gasteiger partial charge in [-0.25, -0.2) is 9.50 Å². The van der Waals surface area contributed by atoms with Crippen molar-refractivity contribution in [3.05, 3.63) is 59.4 Å². The van der Waals surface area contributed by atoms with E-state index in [0.717, 1.165) is 5.56 Å². The fraction of sp³-hybridized carbons (Fsp3) is 0.278. The van der Waals surface area contributed by atoms with Gasteiger partial charge in [-0.1, -0.05) is 44.2 Å². The molecule has 0 bridgehead atoms. The summed E-state index contributed by atoms with van der Waals surface area (Å²) in [6.07, 6.45) is 1.79. The molecule has 1 unspecified atom stereocenters. The summed E-state index contributed by atoms with van der Waals surface area (Å²) in [7, 11) is 0. The average molecular weight is 323 g/mol. The largest absolute Gasteiger partial charge is 0.365 e. The van der Waals surface area contributed by atoms with Gasteiger partial charge in [-0.3, -0.25) is 4.79 Å². The third-order valence-corrected chi connectivity index (χ3v) is 3.97. The molecule has 2 aromatic heterocycles. The van der Waals surface area contributed by atoms with Crippen molar-refractivity contribution in [1.29, 1.82) is 0 Å². The van der Waals surface area contributed by atoms with Crippen LogP contribution in [0.2, 0.25) is 0 Å². The summed E-state index contributed by atoms with van der Waals surface area (Å²) in [5.41, 5.74) is 8.25. The van der Waals surface area contributed by atoms with Crippen LogP contribution in [0, 0.1) is 0 Å². The number of primary amides is 1. The van der Waals surface area contributed by atoms with E-state index in [4.69, 9.17) is 5.73 Å². The van der Waals surface area contributed by atoms with Crippen LogP contribution in [0.25, 0.3) is 5.65 Å². The van der Waals surface area contributed by atoms with Crippen LogP contribution >= 0.6 is 0 Å². The molecule has 3 rings (SSSR count). The molecule has 3 N–H and O–H groups in total. The summed E-state index contributed by atoms with van der Waals surface area (Å²) in [5.74, 6) is 0.264. The topological polar surface area (TPSA) is 85.3 Å². The van der Waals surface area contributed by atoms with E-state index in [2.05, 4.69) is 34.5 Å². The molecule has 0 fully saturated rings. The molecule has 0 saturated heterocycles. The second kappa shape index (κ2) is 6.31. The minimum absolute atomic E-state index is 0.0886. The molecule has 1 aromatic carbocycles. The number of carbonyl (C=O) groups is 1. The number of benzene rings is 1. The number of nitrogens with one attached hydrogen (secondary N) is 1. The predicted octanol–water partition coefficient (Wildman–Crippen LogP) is 3.12. The second-order valence-corrected chi connectivity index (χ2v) is 6.14. The first kappa shape index (κ1) is 16.0. The molecular weight excluding hydrogens is 302 g/mol. The summed E-state index contributed by atoms with van der Waals surface area (Å²) < 4.78 is 1.60. The molecule has 2 heterocycles. The van der Waals surface area contributed by atoms with Crippen molar-refractivity contribution in [2.24, 2.45) is 5.73 Å². The summed E-state index contributed by atoms with van der Waals surface area (Å²) in [6, 6.07) is 12.0. The maximum atomic E-state index is 11.9. The molecule has 24 heavy (non-hydrogen) atoms. The first-order chi connectivity index (χ1) is 11.5. The van der Waals surface area contributed by atoms with Gasteiger partial charge in [0.2, 0.25) is 0 Å². The van der Waals surface area contributed by atoms with Gasteiger partial charge in [-0.15, -0.1) is 0 Å². The normalized spacial score (nSPS) is 12.5. The summed E-state index contributed by atoms with van der Waals surface area (Å²) in [5, 5.41) is 7.79. The van der Waals surface area contributed by atoms with Crippen LogP contribution in [0.15, 0.2) is 42.6 Å². The number of anilines is 1. The maximum absolute atomic E-state index is 11.9. The number of rotatable bonds is 5. The molecule has 0 aliphatic rings. The van der Waals surface area contributed by atoms with E-state index in [0.29, 0.717) is 22.7 Å². The van der Waals surface area contributed by atoms with E-state index in [1.165, 1.54) is 0 Å². The van der Waals surface area contributed by atoms with Gasteiger partial charge in [0, 0.05) is 12.2 Å². The Kier molecular flexibility index (Phi) is 4.20. The lowest BCUT2D eigenvalue weighted by molar-refractivity contribution is 0.100. The molecule has 0 radical (unpaired) electrons. The van der Waals surface area contributed by atoms with Crippen LogP contribution in [0.3, 0.4) is 0 Å². The fourth-order valence-electron chi connectivity index (χ4n) is 2.71. The molecule has 0 saturated carbocycles. The minimum Gasteiger partial charge on any atom is -0.365 e. The van der Waals surface area contributed by atoms with E-state index in [9.17, 15) is 4.79 Å². The lowest BCUT2D eigenvalue weighted by atomic mass is 10.1. The van der Waals surface area contributed by atoms with Crippen LogP contribution < -0.4 is 11.1 Å². The van der Waals surface area contributed by atoms with Gasteiger partial charge in [0.1, 0.15) is 11.4 Å². The third-order valence-electron chi connectivity index (χ3n) is 3.97. The molecule has 6 heteroatoms. The van der Waals surface area contributed by atoms with E-state index < -0.39 is 5.91 Å². The van der Waals surface area contributed by atoms with Gasteiger partial charge in [-0.05, 0) is 24.5 Å². The van der Waals surface area contributed by atoms with Crippen LogP contribution in [0.5, 0.6) is 0 Å². The zero-order valence-corrected chi connectivity index (χ0v) is 14.0. The molecule has 124 valence electrons. The van der Waals surface area contributed by atoms with Crippen molar-refractivity contribution < 1.29 is 4.79 Å². The molecular formula is C18H21N5O.